The second-order valence-corrected chi connectivity index (χ2v) is 3.29. The summed E-state index contributed by atoms with van der Waals surface area (Å²) >= 11 is 0. The topological polar surface area (TPSA) is 91.8 Å². The highest BCUT2D eigenvalue weighted by Crippen LogP contribution is 2.16. The molecule has 2 N–H and O–H groups in total. The molecule has 0 spiro atoms. The van der Waals surface area contributed by atoms with Gasteiger partial charge in [0.1, 0.15) is 5.52 Å². The third-order valence-corrected chi connectivity index (χ3v) is 2.28. The van der Waals surface area contributed by atoms with Gasteiger partial charge in [-0.2, -0.15) is 5.10 Å². The molecule has 6 heteroatoms. The lowest BCUT2D eigenvalue weighted by atomic mass is 10.3. The third kappa shape index (κ3) is 1.13. The fourth-order valence-corrected chi connectivity index (χ4v) is 1.55. The molecule has 16 heavy (non-hydrogen) atoms. The van der Waals surface area contributed by atoms with Crippen LogP contribution >= 0.6 is 0 Å². The van der Waals surface area contributed by atoms with Gasteiger partial charge in [0.15, 0.2) is 5.69 Å². The van der Waals surface area contributed by atoms with Crippen LogP contribution in [0.2, 0.25) is 0 Å². The Hall–Kier alpha value is -2.50. The van der Waals surface area contributed by atoms with Crippen LogP contribution in [0, 0.1) is 0 Å². The van der Waals surface area contributed by atoms with Crippen molar-refractivity contribution in [2.24, 2.45) is 0 Å². The molecule has 0 aliphatic rings. The zero-order chi connectivity index (χ0) is 11.1. The van der Waals surface area contributed by atoms with E-state index >= 15 is 0 Å². The number of para-hydroxylation sites is 2. The van der Waals surface area contributed by atoms with Crippen LogP contribution in [0.3, 0.4) is 0 Å². The van der Waals surface area contributed by atoms with Gasteiger partial charge in [0, 0.05) is 0 Å². The molecule has 0 bridgehead atoms. The predicted molar refractivity (Wildman–Crippen MR) is 56.1 cm³/mol. The minimum Gasteiger partial charge on any atom is -0.476 e. The maximum absolute atomic E-state index is 10.9. The molecule has 2 heterocycles. The first-order valence-corrected chi connectivity index (χ1v) is 4.60. The molecule has 0 fully saturated rings. The Balaban J connectivity index is 2.45. The van der Waals surface area contributed by atoms with Gasteiger partial charge in [-0.1, -0.05) is 12.1 Å². The van der Waals surface area contributed by atoms with Crippen molar-refractivity contribution in [3.8, 4) is 0 Å². The van der Waals surface area contributed by atoms with Gasteiger partial charge in [-0.25, -0.2) is 14.8 Å². The number of aromatic carboxylic acids is 1. The van der Waals surface area contributed by atoms with E-state index in [-0.39, 0.29) is 11.2 Å². The largest absolute Gasteiger partial charge is 0.476 e. The molecule has 1 aromatic carbocycles. The van der Waals surface area contributed by atoms with E-state index in [1.165, 1.54) is 0 Å². The van der Waals surface area contributed by atoms with Crippen LogP contribution in [0.15, 0.2) is 24.3 Å². The van der Waals surface area contributed by atoms with Crippen molar-refractivity contribution in [2.45, 2.75) is 0 Å². The van der Waals surface area contributed by atoms with E-state index in [0.717, 1.165) is 0 Å². The summed E-state index contributed by atoms with van der Waals surface area (Å²) in [5.74, 6) is -1.09. The fraction of sp³-hybridized carbons (Fsp3) is 0. The van der Waals surface area contributed by atoms with Crippen molar-refractivity contribution in [3.63, 3.8) is 0 Å². The SMILES string of the molecule is O=C(O)c1[nH]nc2nc3ccccc3nc12. The van der Waals surface area contributed by atoms with Gasteiger partial charge in [0.2, 0.25) is 5.65 Å². The number of carboxylic acids is 1. The van der Waals surface area contributed by atoms with E-state index in [1.54, 1.807) is 12.1 Å². The lowest BCUT2D eigenvalue weighted by molar-refractivity contribution is 0.0692. The van der Waals surface area contributed by atoms with E-state index in [0.29, 0.717) is 16.7 Å². The van der Waals surface area contributed by atoms with Gasteiger partial charge in [0.25, 0.3) is 0 Å². The van der Waals surface area contributed by atoms with Crippen LogP contribution in [0.25, 0.3) is 22.2 Å². The summed E-state index contributed by atoms with van der Waals surface area (Å²) in [5.41, 5.74) is 1.91. The molecular formula is C10H6N4O2. The van der Waals surface area contributed by atoms with Gasteiger partial charge >= 0.3 is 5.97 Å². The number of fused-ring (bicyclic) bond motifs is 2. The van der Waals surface area contributed by atoms with Crippen molar-refractivity contribution in [2.75, 3.05) is 0 Å². The van der Waals surface area contributed by atoms with Crippen molar-refractivity contribution in [1.29, 1.82) is 0 Å². The quantitative estimate of drug-likeness (QED) is 0.635. The van der Waals surface area contributed by atoms with Crippen LogP contribution in [-0.4, -0.2) is 31.2 Å². The van der Waals surface area contributed by atoms with Crippen LogP contribution in [0.1, 0.15) is 10.5 Å². The van der Waals surface area contributed by atoms with Crippen molar-refractivity contribution in [1.82, 2.24) is 20.2 Å². The molecule has 2 aromatic heterocycles. The number of aromatic nitrogens is 4. The minimum atomic E-state index is -1.09. The Morgan fingerprint density at radius 1 is 1.19 bits per heavy atom. The highest BCUT2D eigenvalue weighted by atomic mass is 16.4. The molecule has 6 nitrogen and oxygen atoms in total. The van der Waals surface area contributed by atoms with Gasteiger partial charge in [-0.15, -0.1) is 0 Å². The van der Waals surface area contributed by atoms with Crippen LogP contribution in [0.4, 0.5) is 0 Å². The molecule has 0 saturated carbocycles. The monoisotopic (exact) mass is 214 g/mol. The summed E-state index contributed by atoms with van der Waals surface area (Å²) in [7, 11) is 0. The number of benzene rings is 1. The van der Waals surface area contributed by atoms with Gasteiger partial charge in [0.05, 0.1) is 11.0 Å². The van der Waals surface area contributed by atoms with E-state index in [4.69, 9.17) is 5.11 Å². The average molecular weight is 214 g/mol. The maximum atomic E-state index is 10.9. The van der Waals surface area contributed by atoms with Crippen molar-refractivity contribution >= 4 is 28.2 Å². The molecule has 0 atom stereocenters. The number of H-pyrrole nitrogens is 1. The lowest BCUT2D eigenvalue weighted by Crippen LogP contribution is -1.98. The average Bonchev–Trinajstić information content (AvgIpc) is 2.68. The second kappa shape index (κ2) is 2.99. The van der Waals surface area contributed by atoms with Gasteiger partial charge in [-0.05, 0) is 12.1 Å². The highest BCUT2D eigenvalue weighted by Gasteiger charge is 2.14. The first kappa shape index (κ1) is 8.78. The Labute approximate surface area is 89.0 Å². The zero-order valence-electron chi connectivity index (χ0n) is 8.01. The van der Waals surface area contributed by atoms with Gasteiger partial charge < -0.3 is 5.11 Å². The molecule has 0 aliphatic carbocycles. The zero-order valence-corrected chi connectivity index (χ0v) is 8.01. The normalized spacial score (nSPS) is 11.0. The molecular weight excluding hydrogens is 208 g/mol. The first-order chi connectivity index (χ1) is 7.75. The predicted octanol–water partition coefficient (Wildman–Crippen LogP) is 1.20. The summed E-state index contributed by atoms with van der Waals surface area (Å²) in [6, 6.07) is 7.24. The number of hydrogen-bond donors (Lipinski definition) is 2. The number of rotatable bonds is 1. The van der Waals surface area contributed by atoms with Crippen molar-refractivity contribution < 1.29 is 9.90 Å². The van der Waals surface area contributed by atoms with Crippen LogP contribution in [-0.2, 0) is 0 Å². The summed E-state index contributed by atoms with van der Waals surface area (Å²) in [4.78, 5) is 19.3. The van der Waals surface area contributed by atoms with Crippen molar-refractivity contribution in [3.05, 3.63) is 30.0 Å². The molecule has 3 aromatic rings. The van der Waals surface area contributed by atoms with E-state index in [2.05, 4.69) is 20.2 Å². The number of carbonyl (C=O) groups is 1. The van der Waals surface area contributed by atoms with E-state index in [9.17, 15) is 4.79 Å². The molecule has 3 rings (SSSR count). The Morgan fingerprint density at radius 2 is 1.88 bits per heavy atom. The second-order valence-electron chi connectivity index (χ2n) is 3.29. The summed E-state index contributed by atoms with van der Waals surface area (Å²) in [6.45, 7) is 0. The smallest absolute Gasteiger partial charge is 0.356 e. The molecule has 0 radical (unpaired) electrons. The van der Waals surface area contributed by atoms with Crippen LogP contribution < -0.4 is 0 Å². The molecule has 78 valence electrons. The summed E-state index contributed by atoms with van der Waals surface area (Å²) in [5, 5.41) is 15.1. The first-order valence-electron chi connectivity index (χ1n) is 4.60. The standard InChI is InChI=1S/C10H6N4O2/c15-10(16)8-7-9(14-13-8)12-6-4-2-1-3-5(6)11-7/h1-4H,(H,15,16)(H,12,13,14). The van der Waals surface area contributed by atoms with E-state index in [1.807, 2.05) is 12.1 Å². The lowest BCUT2D eigenvalue weighted by Gasteiger charge is -1.95. The fourth-order valence-electron chi connectivity index (χ4n) is 1.55. The van der Waals surface area contributed by atoms with Crippen LogP contribution in [0.5, 0.6) is 0 Å². The Morgan fingerprint density at radius 3 is 2.56 bits per heavy atom. The Bertz CT molecular complexity index is 704. The third-order valence-electron chi connectivity index (χ3n) is 2.28. The molecule has 0 amide bonds. The maximum Gasteiger partial charge on any atom is 0.356 e. The number of nitrogens with one attached hydrogen (secondary N) is 1. The van der Waals surface area contributed by atoms with Gasteiger partial charge in [-0.3, -0.25) is 5.10 Å². The minimum absolute atomic E-state index is 0.0340. The molecule has 0 aliphatic heterocycles. The molecule has 0 saturated heterocycles. The summed E-state index contributed by atoms with van der Waals surface area (Å²) < 4.78 is 0. The number of hydrogen-bond acceptors (Lipinski definition) is 4. The molecule has 0 unspecified atom stereocenters. The highest BCUT2D eigenvalue weighted by molar-refractivity contribution is 5.99. The Kier molecular flexibility index (Phi) is 1.64. The summed E-state index contributed by atoms with van der Waals surface area (Å²) in [6.07, 6.45) is 0. The number of aromatic amines is 1. The number of carboxylic acid groups (broad SMARTS) is 1. The number of nitrogens with zero attached hydrogens (tertiary/aromatic N) is 3. The van der Waals surface area contributed by atoms with E-state index < -0.39 is 5.97 Å².